The molecular weight excluding hydrogens is 318 g/mol. The summed E-state index contributed by atoms with van der Waals surface area (Å²) in [4.78, 5) is 14.5. The van der Waals surface area contributed by atoms with E-state index in [1.54, 1.807) is 17.0 Å². The first-order valence-corrected chi connectivity index (χ1v) is 8.44. The lowest BCUT2D eigenvalue weighted by Gasteiger charge is -2.31. The van der Waals surface area contributed by atoms with Crippen molar-refractivity contribution in [3.8, 4) is 11.5 Å². The van der Waals surface area contributed by atoms with Crippen LogP contribution in [0.4, 0.5) is 0 Å². The second-order valence-corrected chi connectivity index (χ2v) is 5.91. The molecule has 1 aromatic carbocycles. The summed E-state index contributed by atoms with van der Waals surface area (Å²) in [6, 6.07) is 3.36. The molecule has 1 amide bonds. The van der Waals surface area contributed by atoms with Gasteiger partial charge in [0.1, 0.15) is 0 Å². The van der Waals surface area contributed by atoms with Gasteiger partial charge in [0, 0.05) is 18.7 Å². The molecule has 0 radical (unpaired) electrons. The van der Waals surface area contributed by atoms with Crippen LogP contribution in [-0.4, -0.2) is 49.8 Å². The number of amides is 1. The van der Waals surface area contributed by atoms with Crippen LogP contribution in [0.1, 0.15) is 37.6 Å². The number of benzene rings is 1. The van der Waals surface area contributed by atoms with Gasteiger partial charge in [-0.05, 0) is 32.4 Å². The molecule has 1 heterocycles. The smallest absolute Gasteiger partial charge is 0.254 e. The molecule has 0 aliphatic carbocycles. The predicted molar refractivity (Wildman–Crippen MR) is 89.7 cm³/mol. The monoisotopic (exact) mass is 341 g/mol. The Morgan fingerprint density at radius 2 is 2.17 bits per heavy atom. The summed E-state index contributed by atoms with van der Waals surface area (Å²) >= 11 is 6.32. The van der Waals surface area contributed by atoms with E-state index in [1.807, 2.05) is 20.8 Å². The van der Waals surface area contributed by atoms with Crippen LogP contribution in [0.3, 0.4) is 0 Å². The summed E-state index contributed by atoms with van der Waals surface area (Å²) in [6.45, 7) is 8.60. The van der Waals surface area contributed by atoms with Crippen molar-refractivity contribution < 1.29 is 19.0 Å². The highest BCUT2D eigenvalue weighted by atomic mass is 35.5. The zero-order chi connectivity index (χ0) is 16.8. The Morgan fingerprint density at radius 3 is 2.83 bits per heavy atom. The Labute approximate surface area is 142 Å². The molecule has 0 spiro atoms. The number of carbonyl (C=O) groups is 1. The topological polar surface area (TPSA) is 48.0 Å². The van der Waals surface area contributed by atoms with Gasteiger partial charge in [0.05, 0.1) is 30.9 Å². The van der Waals surface area contributed by atoms with Gasteiger partial charge in [-0.15, -0.1) is 0 Å². The maximum absolute atomic E-state index is 12.7. The van der Waals surface area contributed by atoms with E-state index < -0.39 is 0 Å². The van der Waals surface area contributed by atoms with Gasteiger partial charge in [0.2, 0.25) is 0 Å². The minimum atomic E-state index is -0.0648. The molecule has 1 aromatic rings. The lowest BCUT2D eigenvalue weighted by atomic mass is 10.1. The molecule has 1 saturated heterocycles. The van der Waals surface area contributed by atoms with Crippen LogP contribution in [0.5, 0.6) is 11.5 Å². The SMILES string of the molecule is CCCOc1c(Cl)cc(C(=O)N2CCOC(C)C2)cc1OCC. The highest BCUT2D eigenvalue weighted by Crippen LogP contribution is 2.37. The first kappa shape index (κ1) is 17.9. The van der Waals surface area contributed by atoms with Crippen LogP contribution >= 0.6 is 11.6 Å². The molecule has 0 aromatic heterocycles. The molecule has 1 aliphatic heterocycles. The van der Waals surface area contributed by atoms with Crippen LogP contribution in [-0.2, 0) is 4.74 Å². The van der Waals surface area contributed by atoms with Gasteiger partial charge in [-0.1, -0.05) is 18.5 Å². The summed E-state index contributed by atoms with van der Waals surface area (Å²) in [6.07, 6.45) is 0.913. The van der Waals surface area contributed by atoms with Gasteiger partial charge in [0.15, 0.2) is 11.5 Å². The molecule has 128 valence electrons. The van der Waals surface area contributed by atoms with Gasteiger partial charge in [-0.25, -0.2) is 0 Å². The zero-order valence-corrected chi connectivity index (χ0v) is 14.7. The zero-order valence-electron chi connectivity index (χ0n) is 13.9. The van der Waals surface area contributed by atoms with Crippen LogP contribution < -0.4 is 9.47 Å². The van der Waals surface area contributed by atoms with Gasteiger partial charge >= 0.3 is 0 Å². The number of morpholine rings is 1. The second kappa shape index (κ2) is 8.41. The standard InChI is InChI=1S/C17H24ClNO4/c1-4-7-23-16-14(18)9-13(10-15(16)21-5-2)17(20)19-6-8-22-12(3)11-19/h9-10,12H,4-8,11H2,1-3H3. The number of ether oxygens (including phenoxy) is 3. The number of nitrogens with zero attached hydrogens (tertiary/aromatic N) is 1. The van der Waals surface area contributed by atoms with E-state index in [1.165, 1.54) is 0 Å². The fraction of sp³-hybridized carbons (Fsp3) is 0.588. The average Bonchev–Trinajstić information content (AvgIpc) is 2.53. The maximum Gasteiger partial charge on any atom is 0.254 e. The molecule has 0 N–H and O–H groups in total. The number of hydrogen-bond donors (Lipinski definition) is 0. The van der Waals surface area contributed by atoms with Crippen molar-refractivity contribution in [2.75, 3.05) is 32.9 Å². The van der Waals surface area contributed by atoms with Crippen molar-refractivity contribution in [2.24, 2.45) is 0 Å². The van der Waals surface area contributed by atoms with E-state index in [2.05, 4.69) is 0 Å². The molecule has 5 nitrogen and oxygen atoms in total. The van der Waals surface area contributed by atoms with Gasteiger partial charge in [-0.3, -0.25) is 4.79 Å². The molecule has 1 aliphatic rings. The number of hydrogen-bond acceptors (Lipinski definition) is 4. The lowest BCUT2D eigenvalue weighted by Crippen LogP contribution is -2.44. The normalized spacial score (nSPS) is 17.9. The molecule has 2 rings (SSSR count). The molecule has 6 heteroatoms. The third-order valence-corrected chi connectivity index (χ3v) is 3.82. The Morgan fingerprint density at radius 1 is 1.39 bits per heavy atom. The third-order valence-electron chi connectivity index (χ3n) is 3.54. The van der Waals surface area contributed by atoms with Crippen LogP contribution in [0.25, 0.3) is 0 Å². The van der Waals surface area contributed by atoms with E-state index in [9.17, 15) is 4.79 Å². The van der Waals surface area contributed by atoms with E-state index >= 15 is 0 Å². The first-order valence-electron chi connectivity index (χ1n) is 8.06. The summed E-state index contributed by atoms with van der Waals surface area (Å²) < 4.78 is 16.8. The van der Waals surface area contributed by atoms with Crippen LogP contribution in [0.2, 0.25) is 5.02 Å². The quantitative estimate of drug-likeness (QED) is 0.795. The molecule has 1 atom stereocenters. The van der Waals surface area contributed by atoms with Gasteiger partial charge in [0.25, 0.3) is 5.91 Å². The molecule has 0 saturated carbocycles. The Hall–Kier alpha value is -1.46. The van der Waals surface area contributed by atoms with Gasteiger partial charge < -0.3 is 19.1 Å². The van der Waals surface area contributed by atoms with E-state index in [-0.39, 0.29) is 12.0 Å². The van der Waals surface area contributed by atoms with Crippen molar-refractivity contribution in [1.82, 2.24) is 4.90 Å². The third kappa shape index (κ3) is 4.52. The maximum atomic E-state index is 12.7. The van der Waals surface area contributed by atoms with E-state index in [0.717, 1.165) is 6.42 Å². The van der Waals surface area contributed by atoms with E-state index in [0.29, 0.717) is 55.0 Å². The molecular formula is C17H24ClNO4. The molecule has 0 bridgehead atoms. The largest absolute Gasteiger partial charge is 0.490 e. The fourth-order valence-electron chi connectivity index (χ4n) is 2.48. The number of rotatable bonds is 6. The molecule has 1 unspecified atom stereocenters. The lowest BCUT2D eigenvalue weighted by molar-refractivity contribution is -0.0124. The number of halogens is 1. The highest BCUT2D eigenvalue weighted by Gasteiger charge is 2.24. The van der Waals surface area contributed by atoms with Crippen molar-refractivity contribution in [3.63, 3.8) is 0 Å². The van der Waals surface area contributed by atoms with Crippen molar-refractivity contribution in [2.45, 2.75) is 33.3 Å². The van der Waals surface area contributed by atoms with E-state index in [4.69, 9.17) is 25.8 Å². The van der Waals surface area contributed by atoms with Crippen molar-refractivity contribution >= 4 is 17.5 Å². The van der Waals surface area contributed by atoms with Crippen LogP contribution in [0, 0.1) is 0 Å². The molecule has 1 fully saturated rings. The van der Waals surface area contributed by atoms with Crippen molar-refractivity contribution in [3.05, 3.63) is 22.7 Å². The second-order valence-electron chi connectivity index (χ2n) is 5.50. The van der Waals surface area contributed by atoms with Crippen LogP contribution in [0.15, 0.2) is 12.1 Å². The first-order chi connectivity index (χ1) is 11.1. The summed E-state index contributed by atoms with van der Waals surface area (Å²) in [7, 11) is 0. The van der Waals surface area contributed by atoms with Crippen molar-refractivity contribution in [1.29, 1.82) is 0 Å². The fourth-order valence-corrected chi connectivity index (χ4v) is 2.75. The van der Waals surface area contributed by atoms with Gasteiger partial charge in [-0.2, -0.15) is 0 Å². The minimum Gasteiger partial charge on any atom is -0.490 e. The Bertz CT molecular complexity index is 550. The summed E-state index contributed by atoms with van der Waals surface area (Å²) in [5, 5.41) is 0.397. The molecule has 23 heavy (non-hydrogen) atoms. The summed E-state index contributed by atoms with van der Waals surface area (Å²) in [5.74, 6) is 0.949. The Balaban J connectivity index is 2.26. The average molecular weight is 342 g/mol. The number of carbonyl (C=O) groups excluding carboxylic acids is 1. The summed E-state index contributed by atoms with van der Waals surface area (Å²) in [5.41, 5.74) is 0.511. The minimum absolute atomic E-state index is 0.0432. The highest BCUT2D eigenvalue weighted by molar-refractivity contribution is 6.32. The Kier molecular flexibility index (Phi) is 6.54. The predicted octanol–water partition coefficient (Wildman–Crippen LogP) is 3.39.